The number of rotatable bonds is 6. The summed E-state index contributed by atoms with van der Waals surface area (Å²) in [6, 6.07) is 15.7. The van der Waals surface area contributed by atoms with Gasteiger partial charge in [0, 0.05) is 11.3 Å². The molecule has 0 amide bonds. The molecule has 1 unspecified atom stereocenters. The summed E-state index contributed by atoms with van der Waals surface area (Å²) >= 11 is 2.90. The lowest BCUT2D eigenvalue weighted by Crippen LogP contribution is -2.13. The van der Waals surface area contributed by atoms with Gasteiger partial charge in [-0.05, 0) is 32.4 Å². The molecule has 1 heterocycles. The smallest absolute Gasteiger partial charge is 0.210 e. The topological polar surface area (TPSA) is 54.9 Å². The van der Waals surface area contributed by atoms with Crippen LogP contribution < -0.4 is 5.32 Å². The van der Waals surface area contributed by atoms with Crippen molar-refractivity contribution >= 4 is 39.7 Å². The molecular weight excluding hydrogens is 350 g/mol. The summed E-state index contributed by atoms with van der Waals surface area (Å²) < 4.78 is 0.782. The second-order valence-corrected chi connectivity index (χ2v) is 8.37. The number of anilines is 2. The summed E-state index contributed by atoms with van der Waals surface area (Å²) in [6.07, 6.45) is 0. The van der Waals surface area contributed by atoms with Gasteiger partial charge in [-0.2, -0.15) is 0 Å². The third-order valence-corrected chi connectivity index (χ3v) is 5.80. The Balaban J connectivity index is 1.65. The van der Waals surface area contributed by atoms with Crippen molar-refractivity contribution in [3.8, 4) is 0 Å². The minimum atomic E-state index is -0.207. The zero-order valence-corrected chi connectivity index (χ0v) is 15.9. The molecule has 6 heteroatoms. The Labute approximate surface area is 155 Å². The van der Waals surface area contributed by atoms with Crippen LogP contribution in [0.3, 0.4) is 0 Å². The van der Waals surface area contributed by atoms with Crippen LogP contribution in [0.4, 0.5) is 10.8 Å². The summed E-state index contributed by atoms with van der Waals surface area (Å²) in [5.74, 6) is 0.105. The molecule has 4 nitrogen and oxygen atoms in total. The van der Waals surface area contributed by atoms with Crippen LogP contribution >= 0.6 is 23.1 Å². The Morgan fingerprint density at radius 1 is 1.08 bits per heavy atom. The zero-order chi connectivity index (χ0) is 17.8. The SMILES string of the molecule is Cc1ccc(C(=O)C(C)Sc2nnc(Nc3ccccc3C)s2)cc1. The fraction of sp³-hybridized carbons (Fsp3) is 0.211. The first-order valence-electron chi connectivity index (χ1n) is 7.96. The van der Waals surface area contributed by atoms with Crippen molar-refractivity contribution in [3.05, 3.63) is 65.2 Å². The lowest BCUT2D eigenvalue weighted by Gasteiger charge is -2.08. The van der Waals surface area contributed by atoms with E-state index in [1.54, 1.807) is 0 Å². The number of nitrogens with one attached hydrogen (secondary N) is 1. The molecule has 0 aliphatic heterocycles. The van der Waals surface area contributed by atoms with Crippen molar-refractivity contribution in [2.24, 2.45) is 0 Å². The van der Waals surface area contributed by atoms with Crippen molar-refractivity contribution in [1.82, 2.24) is 10.2 Å². The van der Waals surface area contributed by atoms with E-state index in [-0.39, 0.29) is 11.0 Å². The minimum Gasteiger partial charge on any atom is -0.330 e. The number of aromatic nitrogens is 2. The molecule has 1 aromatic heterocycles. The van der Waals surface area contributed by atoms with E-state index in [4.69, 9.17) is 0 Å². The Morgan fingerprint density at radius 3 is 2.52 bits per heavy atom. The molecule has 0 spiro atoms. The Kier molecular flexibility index (Phi) is 5.50. The van der Waals surface area contributed by atoms with Gasteiger partial charge in [-0.15, -0.1) is 10.2 Å². The first kappa shape index (κ1) is 17.6. The van der Waals surface area contributed by atoms with Crippen molar-refractivity contribution in [3.63, 3.8) is 0 Å². The maximum Gasteiger partial charge on any atom is 0.210 e. The number of aryl methyl sites for hydroxylation is 2. The van der Waals surface area contributed by atoms with Crippen molar-refractivity contribution in [2.45, 2.75) is 30.4 Å². The van der Waals surface area contributed by atoms with Gasteiger partial charge in [-0.3, -0.25) is 4.79 Å². The predicted octanol–water partition coefficient (Wildman–Crippen LogP) is 5.26. The molecule has 0 saturated carbocycles. The van der Waals surface area contributed by atoms with E-state index in [0.717, 1.165) is 31.8 Å². The lowest BCUT2D eigenvalue weighted by molar-refractivity contribution is 0.0994. The van der Waals surface area contributed by atoms with E-state index in [2.05, 4.69) is 15.5 Å². The number of carbonyl (C=O) groups is 1. The van der Waals surface area contributed by atoms with Gasteiger partial charge >= 0.3 is 0 Å². The third kappa shape index (κ3) is 4.46. The molecule has 2 aromatic carbocycles. The van der Waals surface area contributed by atoms with Crippen LogP contribution in [0.1, 0.15) is 28.4 Å². The predicted molar refractivity (Wildman–Crippen MR) is 105 cm³/mol. The van der Waals surface area contributed by atoms with Gasteiger partial charge in [0.25, 0.3) is 0 Å². The fourth-order valence-corrected chi connectivity index (χ4v) is 4.28. The van der Waals surface area contributed by atoms with Gasteiger partial charge < -0.3 is 5.32 Å². The second kappa shape index (κ2) is 7.80. The number of Topliss-reactive ketones (excluding diaryl/α,β-unsaturated/α-hetero) is 1. The first-order chi connectivity index (χ1) is 12.0. The van der Waals surface area contributed by atoms with Gasteiger partial charge in [0.1, 0.15) is 0 Å². The van der Waals surface area contributed by atoms with Gasteiger partial charge in [0.05, 0.1) is 5.25 Å². The molecule has 128 valence electrons. The first-order valence-corrected chi connectivity index (χ1v) is 9.66. The summed E-state index contributed by atoms with van der Waals surface area (Å²) in [6.45, 7) is 5.96. The number of hydrogen-bond acceptors (Lipinski definition) is 6. The molecule has 3 aromatic rings. The van der Waals surface area contributed by atoms with E-state index in [1.807, 2.05) is 69.3 Å². The monoisotopic (exact) mass is 369 g/mol. The van der Waals surface area contributed by atoms with Crippen LogP contribution in [0.2, 0.25) is 0 Å². The number of ketones is 1. The number of nitrogens with zero attached hydrogens (tertiary/aromatic N) is 2. The maximum absolute atomic E-state index is 12.5. The highest BCUT2D eigenvalue weighted by Gasteiger charge is 2.18. The largest absolute Gasteiger partial charge is 0.330 e. The van der Waals surface area contributed by atoms with Crippen molar-refractivity contribution in [2.75, 3.05) is 5.32 Å². The highest BCUT2D eigenvalue weighted by molar-refractivity contribution is 8.02. The van der Waals surface area contributed by atoms with E-state index in [9.17, 15) is 4.79 Å². The highest BCUT2D eigenvalue weighted by atomic mass is 32.2. The molecule has 3 rings (SSSR count). The summed E-state index contributed by atoms with van der Waals surface area (Å²) in [7, 11) is 0. The maximum atomic E-state index is 12.5. The van der Waals surface area contributed by atoms with E-state index in [0.29, 0.717) is 0 Å². The molecule has 0 bridgehead atoms. The highest BCUT2D eigenvalue weighted by Crippen LogP contribution is 2.32. The number of hydrogen-bond donors (Lipinski definition) is 1. The summed E-state index contributed by atoms with van der Waals surface area (Å²) in [5.41, 5.74) is 4.04. The van der Waals surface area contributed by atoms with Crippen LogP contribution in [-0.2, 0) is 0 Å². The number of carbonyl (C=O) groups excluding carboxylic acids is 1. The van der Waals surface area contributed by atoms with Crippen LogP contribution in [0.15, 0.2) is 52.9 Å². The van der Waals surface area contributed by atoms with Gasteiger partial charge in [0.2, 0.25) is 5.13 Å². The molecular formula is C19H19N3OS2. The van der Waals surface area contributed by atoms with Crippen LogP contribution in [-0.4, -0.2) is 21.2 Å². The van der Waals surface area contributed by atoms with E-state index >= 15 is 0 Å². The van der Waals surface area contributed by atoms with Crippen molar-refractivity contribution < 1.29 is 4.79 Å². The van der Waals surface area contributed by atoms with Gasteiger partial charge in [0.15, 0.2) is 10.1 Å². The normalized spacial score (nSPS) is 12.0. The average molecular weight is 370 g/mol. The molecule has 0 aliphatic carbocycles. The van der Waals surface area contributed by atoms with Crippen LogP contribution in [0, 0.1) is 13.8 Å². The molecule has 25 heavy (non-hydrogen) atoms. The molecule has 0 fully saturated rings. The quantitative estimate of drug-likeness (QED) is 0.474. The fourth-order valence-electron chi connectivity index (χ4n) is 2.29. The summed E-state index contributed by atoms with van der Waals surface area (Å²) in [4.78, 5) is 12.5. The average Bonchev–Trinajstić information content (AvgIpc) is 3.04. The number of thioether (sulfide) groups is 1. The zero-order valence-electron chi connectivity index (χ0n) is 14.3. The third-order valence-electron chi connectivity index (χ3n) is 3.78. The Hall–Kier alpha value is -2.18. The number of benzene rings is 2. The molecule has 1 atom stereocenters. The standard InChI is InChI=1S/C19H19N3OS2/c1-12-8-10-15(11-9-12)17(23)14(3)24-19-22-21-18(25-19)20-16-7-5-4-6-13(16)2/h4-11,14H,1-3H3,(H,20,21). The molecule has 0 aliphatic rings. The lowest BCUT2D eigenvalue weighted by atomic mass is 10.1. The van der Waals surface area contributed by atoms with Gasteiger partial charge in [-0.25, -0.2) is 0 Å². The molecule has 0 saturated heterocycles. The molecule has 0 radical (unpaired) electrons. The Bertz CT molecular complexity index is 874. The second-order valence-electron chi connectivity index (χ2n) is 5.80. The number of para-hydroxylation sites is 1. The summed E-state index contributed by atoms with van der Waals surface area (Å²) in [5, 5.41) is 12.2. The van der Waals surface area contributed by atoms with E-state index < -0.39 is 0 Å². The van der Waals surface area contributed by atoms with Crippen LogP contribution in [0.5, 0.6) is 0 Å². The van der Waals surface area contributed by atoms with Gasteiger partial charge in [-0.1, -0.05) is 71.1 Å². The van der Waals surface area contributed by atoms with Crippen LogP contribution in [0.25, 0.3) is 0 Å². The van der Waals surface area contributed by atoms with E-state index in [1.165, 1.54) is 23.1 Å². The van der Waals surface area contributed by atoms with Crippen molar-refractivity contribution in [1.29, 1.82) is 0 Å². The minimum absolute atomic E-state index is 0.105. The molecule has 1 N–H and O–H groups in total. The Morgan fingerprint density at radius 2 is 1.80 bits per heavy atom.